The van der Waals surface area contributed by atoms with Gasteiger partial charge in [0.15, 0.2) is 0 Å². The Kier molecular flexibility index (Phi) is 4.55. The van der Waals surface area contributed by atoms with E-state index in [1.54, 1.807) is 6.07 Å². The van der Waals surface area contributed by atoms with Gasteiger partial charge in [-0.1, -0.05) is 11.6 Å². The number of aromatic nitrogens is 1. The van der Waals surface area contributed by atoms with Gasteiger partial charge in [0.2, 0.25) is 10.0 Å². The van der Waals surface area contributed by atoms with Crippen LogP contribution < -0.4 is 11.1 Å². The van der Waals surface area contributed by atoms with E-state index in [0.717, 1.165) is 0 Å². The van der Waals surface area contributed by atoms with Gasteiger partial charge < -0.3 is 11.1 Å². The number of rotatable bonds is 5. The van der Waals surface area contributed by atoms with Crippen molar-refractivity contribution in [3.63, 3.8) is 0 Å². The van der Waals surface area contributed by atoms with Crippen LogP contribution in [0.25, 0.3) is 0 Å². The van der Waals surface area contributed by atoms with Crippen molar-refractivity contribution in [2.75, 3.05) is 37.4 Å². The Balaban J connectivity index is 2.57. The third-order valence-electron chi connectivity index (χ3n) is 2.04. The molecule has 0 saturated heterocycles. The second kappa shape index (κ2) is 5.52. The fourth-order valence-electron chi connectivity index (χ4n) is 1.10. The van der Waals surface area contributed by atoms with Gasteiger partial charge >= 0.3 is 0 Å². The monoisotopic (exact) mass is 278 g/mol. The maximum Gasteiger partial charge on any atom is 0.215 e. The predicted molar refractivity (Wildman–Crippen MR) is 69.6 cm³/mol. The average Bonchev–Trinajstić information content (AvgIpc) is 2.15. The second-order valence-electron chi connectivity index (χ2n) is 3.63. The molecule has 17 heavy (non-hydrogen) atoms. The first-order chi connectivity index (χ1) is 7.81. The van der Waals surface area contributed by atoms with E-state index >= 15 is 0 Å². The van der Waals surface area contributed by atoms with Crippen LogP contribution in [-0.2, 0) is 10.0 Å². The molecule has 0 aliphatic rings. The molecule has 96 valence electrons. The van der Waals surface area contributed by atoms with Crippen LogP contribution in [0.3, 0.4) is 0 Å². The van der Waals surface area contributed by atoms with Crippen molar-refractivity contribution in [2.24, 2.45) is 0 Å². The first-order valence-corrected chi connectivity index (χ1v) is 6.87. The summed E-state index contributed by atoms with van der Waals surface area (Å²) in [6.45, 7) is 0.243. The van der Waals surface area contributed by atoms with Crippen LogP contribution in [0.5, 0.6) is 0 Å². The van der Waals surface area contributed by atoms with E-state index in [1.807, 2.05) is 0 Å². The van der Waals surface area contributed by atoms with E-state index in [4.69, 9.17) is 17.3 Å². The molecular formula is C9H15ClN4O2S. The lowest BCUT2D eigenvalue weighted by Crippen LogP contribution is -2.28. The molecule has 6 nitrogen and oxygen atoms in total. The van der Waals surface area contributed by atoms with Crippen LogP contribution >= 0.6 is 11.6 Å². The number of hydrogen-bond acceptors (Lipinski definition) is 5. The molecule has 1 heterocycles. The highest BCUT2D eigenvalue weighted by Crippen LogP contribution is 2.15. The number of nitrogen functional groups attached to an aromatic ring is 1. The van der Waals surface area contributed by atoms with Gasteiger partial charge in [0.25, 0.3) is 0 Å². The number of anilines is 2. The summed E-state index contributed by atoms with van der Waals surface area (Å²) in [6.07, 6.45) is 0. The van der Waals surface area contributed by atoms with Gasteiger partial charge in [0.1, 0.15) is 11.0 Å². The summed E-state index contributed by atoms with van der Waals surface area (Å²) >= 11 is 5.71. The van der Waals surface area contributed by atoms with Crippen LogP contribution in [0.1, 0.15) is 0 Å². The first kappa shape index (κ1) is 14.0. The highest BCUT2D eigenvalue weighted by molar-refractivity contribution is 7.89. The van der Waals surface area contributed by atoms with Crippen LogP contribution in [-0.4, -0.2) is 44.1 Å². The molecule has 0 saturated carbocycles. The third kappa shape index (κ3) is 4.37. The van der Waals surface area contributed by atoms with Crippen molar-refractivity contribution in [2.45, 2.75) is 0 Å². The molecule has 0 aromatic carbocycles. The molecule has 0 bridgehead atoms. The topological polar surface area (TPSA) is 88.3 Å². The molecule has 0 aliphatic carbocycles. The summed E-state index contributed by atoms with van der Waals surface area (Å²) in [5.41, 5.74) is 6.05. The van der Waals surface area contributed by atoms with Crippen molar-refractivity contribution in [1.29, 1.82) is 0 Å². The standard InChI is InChI=1S/C9H15ClN4O2S/c1-14(2)17(15,16)4-3-12-9-6-7(11)5-8(10)13-9/h5-6H,3-4H2,1-2H3,(H3,11,12,13). The lowest BCUT2D eigenvalue weighted by atomic mass is 10.4. The molecular weight excluding hydrogens is 264 g/mol. The van der Waals surface area contributed by atoms with Crippen LogP contribution in [0, 0.1) is 0 Å². The fraction of sp³-hybridized carbons (Fsp3) is 0.444. The van der Waals surface area contributed by atoms with E-state index in [2.05, 4.69) is 10.3 Å². The average molecular weight is 279 g/mol. The van der Waals surface area contributed by atoms with Gasteiger partial charge in [-0.15, -0.1) is 0 Å². The van der Waals surface area contributed by atoms with Gasteiger partial charge in [0.05, 0.1) is 5.75 Å². The largest absolute Gasteiger partial charge is 0.399 e. The van der Waals surface area contributed by atoms with Gasteiger partial charge in [-0.05, 0) is 6.07 Å². The van der Waals surface area contributed by atoms with Crippen molar-refractivity contribution >= 4 is 33.1 Å². The molecule has 1 aromatic heterocycles. The number of sulfonamides is 1. The summed E-state index contributed by atoms with van der Waals surface area (Å²) < 4.78 is 24.1. The summed E-state index contributed by atoms with van der Waals surface area (Å²) in [5, 5.41) is 3.12. The van der Waals surface area contributed by atoms with Gasteiger partial charge in [-0.25, -0.2) is 17.7 Å². The van der Waals surface area contributed by atoms with E-state index in [-0.39, 0.29) is 17.5 Å². The molecule has 0 amide bonds. The number of pyridine rings is 1. The van der Waals surface area contributed by atoms with Crippen molar-refractivity contribution < 1.29 is 8.42 Å². The number of nitrogens with two attached hydrogens (primary N) is 1. The number of nitrogens with one attached hydrogen (secondary N) is 1. The number of hydrogen-bond donors (Lipinski definition) is 2. The predicted octanol–water partition coefficient (Wildman–Crippen LogP) is 0.621. The first-order valence-electron chi connectivity index (χ1n) is 4.88. The minimum absolute atomic E-state index is 0.0197. The van der Waals surface area contributed by atoms with Crippen LogP contribution in [0.4, 0.5) is 11.5 Å². The molecule has 3 N–H and O–H groups in total. The van der Waals surface area contributed by atoms with Crippen molar-refractivity contribution in [3.05, 3.63) is 17.3 Å². The zero-order chi connectivity index (χ0) is 13.1. The molecule has 8 heteroatoms. The molecule has 0 radical (unpaired) electrons. The zero-order valence-corrected chi connectivity index (χ0v) is 11.2. The normalized spacial score (nSPS) is 11.8. The maximum absolute atomic E-state index is 11.5. The third-order valence-corrected chi connectivity index (χ3v) is 4.07. The van der Waals surface area contributed by atoms with E-state index in [0.29, 0.717) is 11.5 Å². The molecule has 0 fully saturated rings. The van der Waals surface area contributed by atoms with E-state index < -0.39 is 10.0 Å². The lowest BCUT2D eigenvalue weighted by Gasteiger charge is -2.12. The Hall–Kier alpha value is -1.05. The van der Waals surface area contributed by atoms with Gasteiger partial charge in [0, 0.05) is 32.4 Å². The van der Waals surface area contributed by atoms with Crippen molar-refractivity contribution in [1.82, 2.24) is 9.29 Å². The molecule has 1 aromatic rings. The number of halogens is 1. The lowest BCUT2D eigenvalue weighted by molar-refractivity contribution is 0.521. The maximum atomic E-state index is 11.5. The highest BCUT2D eigenvalue weighted by Gasteiger charge is 2.12. The van der Waals surface area contributed by atoms with Crippen LogP contribution in [0.2, 0.25) is 5.15 Å². The van der Waals surface area contributed by atoms with E-state index in [1.165, 1.54) is 24.5 Å². The second-order valence-corrected chi connectivity index (χ2v) is 6.32. The van der Waals surface area contributed by atoms with Crippen LogP contribution in [0.15, 0.2) is 12.1 Å². The molecule has 0 unspecified atom stereocenters. The highest BCUT2D eigenvalue weighted by atomic mass is 35.5. The summed E-state index contributed by atoms with van der Waals surface area (Å²) in [5.74, 6) is 0.442. The Morgan fingerprint density at radius 2 is 2.12 bits per heavy atom. The summed E-state index contributed by atoms with van der Waals surface area (Å²) in [6, 6.07) is 3.11. The Morgan fingerprint density at radius 1 is 1.47 bits per heavy atom. The Morgan fingerprint density at radius 3 is 2.65 bits per heavy atom. The number of nitrogens with zero attached hydrogens (tertiary/aromatic N) is 2. The molecule has 0 aliphatic heterocycles. The smallest absolute Gasteiger partial charge is 0.215 e. The zero-order valence-electron chi connectivity index (χ0n) is 9.64. The van der Waals surface area contributed by atoms with E-state index in [9.17, 15) is 8.42 Å². The fourth-order valence-corrected chi connectivity index (χ4v) is 2.04. The molecule has 0 atom stereocenters. The van der Waals surface area contributed by atoms with Crippen molar-refractivity contribution in [3.8, 4) is 0 Å². The quantitative estimate of drug-likeness (QED) is 0.771. The Labute approximate surface area is 106 Å². The minimum Gasteiger partial charge on any atom is -0.399 e. The SMILES string of the molecule is CN(C)S(=O)(=O)CCNc1cc(N)cc(Cl)n1. The van der Waals surface area contributed by atoms with Gasteiger partial charge in [-0.2, -0.15) is 0 Å². The molecule has 0 spiro atoms. The summed E-state index contributed by atoms with van der Waals surface area (Å²) in [4.78, 5) is 3.96. The Bertz CT molecular complexity index is 470. The van der Waals surface area contributed by atoms with Gasteiger partial charge in [-0.3, -0.25) is 0 Å². The summed E-state index contributed by atoms with van der Waals surface area (Å²) in [7, 11) is -0.228. The molecule has 1 rings (SSSR count). The minimum atomic E-state index is -3.21.